The van der Waals surface area contributed by atoms with Gasteiger partial charge in [0.25, 0.3) is 5.91 Å². The molecule has 5 nitrogen and oxygen atoms in total. The van der Waals surface area contributed by atoms with Crippen LogP contribution in [0.3, 0.4) is 0 Å². The van der Waals surface area contributed by atoms with E-state index in [2.05, 4.69) is 5.32 Å². The number of carbonyl (C=O) groups is 2. The highest BCUT2D eigenvalue weighted by molar-refractivity contribution is 6.42. The molecule has 0 heterocycles. The Morgan fingerprint density at radius 2 is 2.00 bits per heavy atom. The Kier molecular flexibility index (Phi) is 5.06. The SMILES string of the molecule is NC(=O)CNC(=O)COc1ccc(Cl)c(Cl)c1. The fourth-order valence-corrected chi connectivity index (χ4v) is 1.24. The molecule has 0 saturated heterocycles. The Labute approximate surface area is 108 Å². The van der Waals surface area contributed by atoms with Crippen LogP contribution in [0.25, 0.3) is 0 Å². The quantitative estimate of drug-likeness (QED) is 0.841. The Morgan fingerprint density at radius 3 is 2.59 bits per heavy atom. The van der Waals surface area contributed by atoms with Gasteiger partial charge < -0.3 is 15.8 Å². The smallest absolute Gasteiger partial charge is 0.258 e. The molecule has 92 valence electrons. The molecule has 0 bridgehead atoms. The number of nitrogens with one attached hydrogen (secondary N) is 1. The molecule has 1 rings (SSSR count). The molecule has 0 atom stereocenters. The van der Waals surface area contributed by atoms with E-state index in [9.17, 15) is 9.59 Å². The molecule has 3 N–H and O–H groups in total. The summed E-state index contributed by atoms with van der Waals surface area (Å²) in [6.07, 6.45) is 0. The van der Waals surface area contributed by atoms with Crippen LogP contribution < -0.4 is 15.8 Å². The normalized spacial score (nSPS) is 9.76. The van der Waals surface area contributed by atoms with Gasteiger partial charge in [-0.05, 0) is 12.1 Å². The van der Waals surface area contributed by atoms with Crippen LogP contribution in [0, 0.1) is 0 Å². The van der Waals surface area contributed by atoms with E-state index < -0.39 is 11.8 Å². The zero-order valence-electron chi connectivity index (χ0n) is 8.70. The van der Waals surface area contributed by atoms with Crippen molar-refractivity contribution in [2.24, 2.45) is 5.73 Å². The van der Waals surface area contributed by atoms with E-state index >= 15 is 0 Å². The maximum atomic E-state index is 11.2. The molecule has 0 aliphatic rings. The lowest BCUT2D eigenvalue weighted by atomic mass is 10.3. The van der Waals surface area contributed by atoms with Gasteiger partial charge in [-0.2, -0.15) is 0 Å². The number of ether oxygens (including phenoxy) is 1. The van der Waals surface area contributed by atoms with Gasteiger partial charge in [0.05, 0.1) is 16.6 Å². The van der Waals surface area contributed by atoms with Gasteiger partial charge in [-0.1, -0.05) is 23.2 Å². The zero-order valence-corrected chi connectivity index (χ0v) is 10.2. The monoisotopic (exact) mass is 276 g/mol. The highest BCUT2D eigenvalue weighted by Crippen LogP contribution is 2.26. The first-order valence-corrected chi connectivity index (χ1v) is 5.37. The number of benzene rings is 1. The van der Waals surface area contributed by atoms with E-state index in [1.807, 2.05) is 0 Å². The van der Waals surface area contributed by atoms with Crippen molar-refractivity contribution >= 4 is 35.0 Å². The Bertz CT molecular complexity index is 438. The Hall–Kier alpha value is -1.46. The number of halogens is 2. The van der Waals surface area contributed by atoms with E-state index in [4.69, 9.17) is 33.7 Å². The highest BCUT2D eigenvalue weighted by Gasteiger charge is 2.05. The van der Waals surface area contributed by atoms with Crippen molar-refractivity contribution < 1.29 is 14.3 Å². The van der Waals surface area contributed by atoms with Gasteiger partial charge in [-0.15, -0.1) is 0 Å². The first kappa shape index (κ1) is 13.6. The van der Waals surface area contributed by atoms with E-state index in [1.54, 1.807) is 12.1 Å². The van der Waals surface area contributed by atoms with Crippen LogP contribution in [0.5, 0.6) is 5.75 Å². The Balaban J connectivity index is 2.42. The molecular weight excluding hydrogens is 267 g/mol. The molecule has 17 heavy (non-hydrogen) atoms. The van der Waals surface area contributed by atoms with Crippen molar-refractivity contribution in [1.82, 2.24) is 5.32 Å². The van der Waals surface area contributed by atoms with Gasteiger partial charge in [0.2, 0.25) is 5.91 Å². The number of rotatable bonds is 5. The van der Waals surface area contributed by atoms with Crippen molar-refractivity contribution in [3.63, 3.8) is 0 Å². The van der Waals surface area contributed by atoms with Crippen LogP contribution in [0.15, 0.2) is 18.2 Å². The summed E-state index contributed by atoms with van der Waals surface area (Å²) in [4.78, 5) is 21.6. The predicted octanol–water partition coefficient (Wildman–Crippen LogP) is 0.974. The number of hydrogen-bond acceptors (Lipinski definition) is 3. The van der Waals surface area contributed by atoms with E-state index in [0.29, 0.717) is 15.8 Å². The van der Waals surface area contributed by atoms with Crippen LogP contribution in [0.4, 0.5) is 0 Å². The summed E-state index contributed by atoms with van der Waals surface area (Å²) in [6.45, 7) is -0.450. The lowest BCUT2D eigenvalue weighted by Gasteiger charge is -2.07. The minimum atomic E-state index is -0.618. The molecule has 0 fully saturated rings. The molecular formula is C10H10Cl2N2O3. The third-order valence-electron chi connectivity index (χ3n) is 1.72. The summed E-state index contributed by atoms with van der Waals surface area (Å²) in [5.41, 5.74) is 4.86. The fraction of sp³-hybridized carbons (Fsp3) is 0.200. The van der Waals surface area contributed by atoms with Crippen LogP contribution in [0.1, 0.15) is 0 Å². The molecule has 0 aliphatic carbocycles. The lowest BCUT2D eigenvalue weighted by Crippen LogP contribution is -2.36. The average molecular weight is 277 g/mol. The van der Waals surface area contributed by atoms with Crippen LogP contribution in [-0.2, 0) is 9.59 Å². The van der Waals surface area contributed by atoms with Crippen molar-refractivity contribution in [1.29, 1.82) is 0 Å². The first-order valence-electron chi connectivity index (χ1n) is 4.62. The van der Waals surface area contributed by atoms with Gasteiger partial charge in [0.15, 0.2) is 6.61 Å². The summed E-state index contributed by atoms with van der Waals surface area (Å²) in [6, 6.07) is 4.63. The maximum Gasteiger partial charge on any atom is 0.258 e. The van der Waals surface area contributed by atoms with Crippen LogP contribution in [0.2, 0.25) is 10.0 Å². The molecule has 0 aromatic heterocycles. The number of amides is 2. The zero-order chi connectivity index (χ0) is 12.8. The van der Waals surface area contributed by atoms with Crippen molar-refractivity contribution in [2.75, 3.05) is 13.2 Å². The second kappa shape index (κ2) is 6.32. The van der Waals surface area contributed by atoms with Crippen molar-refractivity contribution in [3.8, 4) is 5.75 Å². The number of primary amides is 1. The molecule has 0 spiro atoms. The predicted molar refractivity (Wildman–Crippen MR) is 64.2 cm³/mol. The third-order valence-corrected chi connectivity index (χ3v) is 2.46. The summed E-state index contributed by atoms with van der Waals surface area (Å²) >= 11 is 11.5. The third kappa shape index (κ3) is 4.93. The second-order valence-electron chi connectivity index (χ2n) is 3.11. The van der Waals surface area contributed by atoms with Crippen LogP contribution in [-0.4, -0.2) is 25.0 Å². The molecule has 0 aliphatic heterocycles. The first-order chi connectivity index (χ1) is 7.99. The van der Waals surface area contributed by atoms with Gasteiger partial charge in [-0.25, -0.2) is 0 Å². The molecule has 2 amide bonds. The molecule has 1 aromatic rings. The summed E-state index contributed by atoms with van der Waals surface area (Å²) in [5.74, 6) is -0.656. The average Bonchev–Trinajstić information content (AvgIpc) is 2.28. The molecule has 0 radical (unpaired) electrons. The number of nitrogens with two attached hydrogens (primary N) is 1. The Morgan fingerprint density at radius 1 is 1.29 bits per heavy atom. The van der Waals surface area contributed by atoms with E-state index in [1.165, 1.54) is 6.07 Å². The number of carbonyl (C=O) groups excluding carboxylic acids is 2. The molecule has 1 aromatic carbocycles. The minimum Gasteiger partial charge on any atom is -0.484 e. The van der Waals surface area contributed by atoms with Gasteiger partial charge in [0.1, 0.15) is 5.75 Å². The topological polar surface area (TPSA) is 81.4 Å². The van der Waals surface area contributed by atoms with Crippen LogP contribution >= 0.6 is 23.2 Å². The molecule has 0 saturated carbocycles. The van der Waals surface area contributed by atoms with Gasteiger partial charge in [0, 0.05) is 6.07 Å². The number of hydrogen-bond donors (Lipinski definition) is 2. The van der Waals surface area contributed by atoms with Crippen molar-refractivity contribution in [2.45, 2.75) is 0 Å². The van der Waals surface area contributed by atoms with Gasteiger partial charge >= 0.3 is 0 Å². The van der Waals surface area contributed by atoms with Gasteiger partial charge in [-0.3, -0.25) is 9.59 Å². The maximum absolute atomic E-state index is 11.2. The molecule has 7 heteroatoms. The molecule has 0 unspecified atom stereocenters. The van der Waals surface area contributed by atoms with Crippen molar-refractivity contribution in [3.05, 3.63) is 28.2 Å². The minimum absolute atomic E-state index is 0.219. The largest absolute Gasteiger partial charge is 0.484 e. The fourth-order valence-electron chi connectivity index (χ4n) is 0.952. The standard InChI is InChI=1S/C10H10Cl2N2O3/c11-7-2-1-6(3-8(7)12)17-5-10(16)14-4-9(13)15/h1-3H,4-5H2,(H2,13,15)(H,14,16). The summed E-state index contributed by atoms with van der Waals surface area (Å²) in [5, 5.41) is 3.02. The van der Waals surface area contributed by atoms with E-state index in [0.717, 1.165) is 0 Å². The second-order valence-corrected chi connectivity index (χ2v) is 3.92. The summed E-state index contributed by atoms with van der Waals surface area (Å²) in [7, 11) is 0. The van der Waals surface area contributed by atoms with E-state index in [-0.39, 0.29) is 13.2 Å². The summed E-state index contributed by atoms with van der Waals surface area (Å²) < 4.78 is 5.13. The lowest BCUT2D eigenvalue weighted by molar-refractivity contribution is -0.126. The highest BCUT2D eigenvalue weighted by atomic mass is 35.5.